The number of hydrogen-bond acceptors (Lipinski definition) is 7. The molecule has 2 heterocycles. The number of carbonyl (C=O) groups excluding carboxylic acids is 2. The molecule has 0 spiro atoms. The van der Waals surface area contributed by atoms with Crippen molar-refractivity contribution in [1.82, 2.24) is 5.23 Å². The third-order valence-electron chi connectivity index (χ3n) is 7.22. The van der Waals surface area contributed by atoms with Crippen molar-refractivity contribution in [3.8, 4) is 0 Å². The first kappa shape index (κ1) is 24.2. The molecule has 2 aliphatic heterocycles. The minimum Gasteiger partial charge on any atom is -0.468 e. The van der Waals surface area contributed by atoms with Crippen molar-refractivity contribution < 1.29 is 28.7 Å². The summed E-state index contributed by atoms with van der Waals surface area (Å²) in [5.41, 5.74) is 1.08. The van der Waals surface area contributed by atoms with E-state index >= 15 is 0 Å². The smallest absolute Gasteiger partial charge is 0.325 e. The second-order valence-electron chi connectivity index (χ2n) is 9.15. The second-order valence-corrected chi connectivity index (χ2v) is 9.15. The van der Waals surface area contributed by atoms with Crippen molar-refractivity contribution in [3.05, 3.63) is 108 Å². The predicted molar refractivity (Wildman–Crippen MR) is 131 cm³/mol. The van der Waals surface area contributed by atoms with E-state index in [0.717, 1.165) is 16.7 Å². The first-order valence-electron chi connectivity index (χ1n) is 12.0. The Hall–Kier alpha value is -3.52. The normalized spacial score (nSPS) is 25.4. The van der Waals surface area contributed by atoms with E-state index in [4.69, 9.17) is 19.1 Å². The molecular weight excluding hydrogens is 458 g/mol. The highest BCUT2D eigenvalue weighted by Crippen LogP contribution is 2.55. The molecule has 0 radical (unpaired) electrons. The van der Waals surface area contributed by atoms with Crippen LogP contribution in [0.3, 0.4) is 0 Å². The number of hydrogen-bond donors (Lipinski definition) is 0. The van der Waals surface area contributed by atoms with Crippen molar-refractivity contribution >= 4 is 11.9 Å². The molecule has 3 aromatic carbocycles. The van der Waals surface area contributed by atoms with Gasteiger partial charge in [0.15, 0.2) is 5.41 Å². The Kier molecular flexibility index (Phi) is 6.87. The molecule has 4 atom stereocenters. The van der Waals surface area contributed by atoms with E-state index in [9.17, 15) is 9.59 Å². The van der Waals surface area contributed by atoms with Crippen LogP contribution in [0.25, 0.3) is 0 Å². The van der Waals surface area contributed by atoms with E-state index in [-0.39, 0.29) is 18.4 Å². The zero-order chi connectivity index (χ0) is 25.1. The SMILES string of the molecule is COC(=O)C1(C(=O)OC)C[C@@H](c2ccccc2)ON2O[C@@H](c3ccccc3)C[C@H](c3ccccc3)[C@H]21. The Balaban J connectivity index is 1.67. The number of carbonyl (C=O) groups is 2. The number of fused-ring (bicyclic) bond motifs is 1. The Morgan fingerprint density at radius 1 is 0.722 bits per heavy atom. The summed E-state index contributed by atoms with van der Waals surface area (Å²) in [6, 6.07) is 28.4. The molecule has 2 fully saturated rings. The average Bonchev–Trinajstić information content (AvgIpc) is 2.96. The molecule has 5 rings (SSSR count). The molecule has 7 heteroatoms. The van der Waals surface area contributed by atoms with Crippen LogP contribution in [0.1, 0.15) is 47.7 Å². The minimum absolute atomic E-state index is 0.0558. The van der Waals surface area contributed by atoms with Crippen molar-refractivity contribution in [2.24, 2.45) is 5.41 Å². The van der Waals surface area contributed by atoms with E-state index in [1.807, 2.05) is 91.0 Å². The fourth-order valence-electron chi connectivity index (χ4n) is 5.52. The van der Waals surface area contributed by atoms with Crippen LogP contribution >= 0.6 is 0 Å². The summed E-state index contributed by atoms with van der Waals surface area (Å²) in [5.74, 6) is -1.63. The molecule has 0 unspecified atom stereocenters. The maximum absolute atomic E-state index is 13.6. The fourth-order valence-corrected chi connectivity index (χ4v) is 5.52. The maximum Gasteiger partial charge on any atom is 0.325 e. The van der Waals surface area contributed by atoms with E-state index in [2.05, 4.69) is 0 Å². The van der Waals surface area contributed by atoms with Crippen LogP contribution in [-0.2, 0) is 28.7 Å². The van der Waals surface area contributed by atoms with Crippen molar-refractivity contribution in [2.75, 3.05) is 14.2 Å². The third-order valence-corrected chi connectivity index (χ3v) is 7.22. The van der Waals surface area contributed by atoms with E-state index in [1.165, 1.54) is 19.4 Å². The Bertz CT molecular complexity index is 1170. The number of methoxy groups -OCH3 is 2. The van der Waals surface area contributed by atoms with Crippen LogP contribution in [-0.4, -0.2) is 37.4 Å². The van der Waals surface area contributed by atoms with Crippen molar-refractivity contribution in [1.29, 1.82) is 0 Å². The lowest BCUT2D eigenvalue weighted by molar-refractivity contribution is -0.468. The molecule has 0 N–H and O–H groups in total. The van der Waals surface area contributed by atoms with Crippen LogP contribution in [0.4, 0.5) is 0 Å². The zero-order valence-electron chi connectivity index (χ0n) is 20.3. The maximum atomic E-state index is 13.6. The average molecular weight is 488 g/mol. The molecule has 0 saturated carbocycles. The highest BCUT2D eigenvalue weighted by molar-refractivity contribution is 6.01. The van der Waals surface area contributed by atoms with Gasteiger partial charge in [-0.05, 0) is 23.1 Å². The molecule has 0 aromatic heterocycles. The fraction of sp³-hybridized carbons (Fsp3) is 0.310. The number of esters is 2. The lowest BCUT2D eigenvalue weighted by Gasteiger charge is -2.53. The Morgan fingerprint density at radius 2 is 1.17 bits per heavy atom. The van der Waals surface area contributed by atoms with Gasteiger partial charge in [0.1, 0.15) is 12.2 Å². The number of nitrogens with zero attached hydrogens (tertiary/aromatic N) is 1. The topological polar surface area (TPSA) is 74.3 Å². The largest absolute Gasteiger partial charge is 0.468 e. The van der Waals surface area contributed by atoms with Crippen LogP contribution in [0.15, 0.2) is 91.0 Å². The van der Waals surface area contributed by atoms with E-state index < -0.39 is 29.5 Å². The first-order valence-corrected chi connectivity index (χ1v) is 12.0. The molecular formula is C29H29NO6. The van der Waals surface area contributed by atoms with Gasteiger partial charge < -0.3 is 9.47 Å². The van der Waals surface area contributed by atoms with Crippen LogP contribution < -0.4 is 0 Å². The summed E-state index contributed by atoms with van der Waals surface area (Å²) in [6.07, 6.45) is -0.397. The van der Waals surface area contributed by atoms with Crippen LogP contribution in [0.2, 0.25) is 0 Å². The van der Waals surface area contributed by atoms with Gasteiger partial charge in [-0.1, -0.05) is 96.2 Å². The highest BCUT2D eigenvalue weighted by atomic mass is 17.0. The number of benzene rings is 3. The van der Waals surface area contributed by atoms with Crippen molar-refractivity contribution in [3.63, 3.8) is 0 Å². The monoisotopic (exact) mass is 487 g/mol. The summed E-state index contributed by atoms with van der Waals surface area (Å²) in [4.78, 5) is 40.0. The molecule has 0 amide bonds. The molecule has 7 nitrogen and oxygen atoms in total. The van der Waals surface area contributed by atoms with Gasteiger partial charge in [-0.2, -0.15) is 0 Å². The van der Waals surface area contributed by atoms with Crippen molar-refractivity contribution in [2.45, 2.75) is 37.0 Å². The van der Waals surface area contributed by atoms with Crippen LogP contribution in [0, 0.1) is 5.41 Å². The number of hydroxylamine groups is 2. The Morgan fingerprint density at radius 3 is 1.67 bits per heavy atom. The number of rotatable bonds is 5. The first-order chi connectivity index (χ1) is 17.6. The standard InChI is InChI=1S/C29H29NO6/c1-33-27(31)29(28(32)34-2)19-25(22-16-10-5-11-17-22)36-30-26(29)23(20-12-6-3-7-13-20)18-24(35-30)21-14-8-4-9-15-21/h3-17,23-26H,18-19H2,1-2H3/t23-,24-,25+,26+/m1/s1. The summed E-state index contributed by atoms with van der Waals surface area (Å²) in [6.45, 7) is 0. The van der Waals surface area contributed by atoms with Gasteiger partial charge in [0.2, 0.25) is 0 Å². The van der Waals surface area contributed by atoms with Gasteiger partial charge in [0.05, 0.1) is 20.3 Å². The minimum atomic E-state index is -1.68. The molecule has 0 bridgehead atoms. The summed E-state index contributed by atoms with van der Waals surface area (Å²) >= 11 is 0. The lowest BCUT2D eigenvalue weighted by Crippen LogP contribution is -2.65. The second kappa shape index (κ2) is 10.2. The third kappa shape index (κ3) is 4.19. The predicted octanol–water partition coefficient (Wildman–Crippen LogP) is 4.93. The molecule has 36 heavy (non-hydrogen) atoms. The van der Waals surface area contributed by atoms with Gasteiger partial charge >= 0.3 is 11.9 Å². The lowest BCUT2D eigenvalue weighted by atomic mass is 9.66. The number of ether oxygens (including phenoxy) is 2. The van der Waals surface area contributed by atoms with Gasteiger partial charge in [-0.25, -0.2) is 0 Å². The van der Waals surface area contributed by atoms with Gasteiger partial charge in [0, 0.05) is 12.3 Å². The Labute approximate surface area is 210 Å². The molecule has 0 aliphatic carbocycles. The van der Waals surface area contributed by atoms with E-state index in [1.54, 1.807) is 0 Å². The molecule has 2 saturated heterocycles. The summed E-state index contributed by atoms with van der Waals surface area (Å²) in [7, 11) is 2.58. The summed E-state index contributed by atoms with van der Waals surface area (Å²) < 4.78 is 10.5. The molecule has 186 valence electrons. The van der Waals surface area contributed by atoms with E-state index in [0.29, 0.717) is 6.42 Å². The van der Waals surface area contributed by atoms with Gasteiger partial charge in [-0.15, -0.1) is 0 Å². The van der Waals surface area contributed by atoms with Gasteiger partial charge in [-0.3, -0.25) is 19.3 Å². The summed E-state index contributed by atoms with van der Waals surface area (Å²) in [5, 5.41) is 1.37. The quantitative estimate of drug-likeness (QED) is 0.373. The zero-order valence-corrected chi connectivity index (χ0v) is 20.3. The van der Waals surface area contributed by atoms with Gasteiger partial charge in [0.25, 0.3) is 0 Å². The molecule has 3 aromatic rings. The highest BCUT2D eigenvalue weighted by Gasteiger charge is 2.66. The molecule has 2 aliphatic rings. The van der Waals surface area contributed by atoms with Crippen LogP contribution in [0.5, 0.6) is 0 Å².